The first-order chi connectivity index (χ1) is 17.5. The van der Waals surface area contributed by atoms with Gasteiger partial charge in [-0.3, -0.25) is 25.1 Å². The van der Waals surface area contributed by atoms with Crippen LogP contribution in [0.4, 0.5) is 11.4 Å². The Labute approximate surface area is 206 Å². The van der Waals surface area contributed by atoms with Crippen LogP contribution in [0.5, 0.6) is 17.2 Å². The Balaban J connectivity index is 1.41. The number of ether oxygens (including phenoxy) is 3. The van der Waals surface area contributed by atoms with Crippen LogP contribution in [-0.4, -0.2) is 36.6 Å². The highest BCUT2D eigenvalue weighted by molar-refractivity contribution is 6.31. The van der Waals surface area contributed by atoms with Gasteiger partial charge in [0.1, 0.15) is 24.5 Å². The number of nitro benzene ring substituents is 1. The SMILES string of the molecule is CCOc1cc(/C=C2\C(=O)NN(c3ccccc3)C2=O)ccc1OCCOc1ccc([N+](=O)[O-])cc1. The monoisotopic (exact) mass is 489 g/mol. The molecule has 2 amide bonds. The van der Waals surface area contributed by atoms with E-state index in [0.29, 0.717) is 35.1 Å². The molecule has 10 nitrogen and oxygen atoms in total. The standard InChI is InChI=1S/C26H23N3O7/c1-2-34-24-17-18(16-22-25(30)27-28(26(22)31)19-6-4-3-5-7-19)8-13-23(24)36-15-14-35-21-11-9-20(10-12-21)29(32)33/h3-13,16-17H,2,14-15H2,1H3,(H,27,30)/b22-16+. The van der Waals surface area contributed by atoms with Crippen LogP contribution in [0.25, 0.3) is 6.08 Å². The molecular weight excluding hydrogens is 466 g/mol. The molecule has 0 spiro atoms. The van der Waals surface area contributed by atoms with Crippen molar-refractivity contribution in [3.8, 4) is 17.2 Å². The lowest BCUT2D eigenvalue weighted by molar-refractivity contribution is -0.384. The fraction of sp³-hybridized carbons (Fsp3) is 0.154. The summed E-state index contributed by atoms with van der Waals surface area (Å²) >= 11 is 0. The van der Waals surface area contributed by atoms with Gasteiger partial charge in [0.25, 0.3) is 17.5 Å². The van der Waals surface area contributed by atoms with Gasteiger partial charge >= 0.3 is 0 Å². The summed E-state index contributed by atoms with van der Waals surface area (Å²) in [7, 11) is 0. The van der Waals surface area contributed by atoms with Gasteiger partial charge in [0.05, 0.1) is 17.2 Å². The van der Waals surface area contributed by atoms with Crippen molar-refractivity contribution in [2.75, 3.05) is 24.8 Å². The molecule has 1 aliphatic heterocycles. The molecule has 10 heteroatoms. The number of rotatable bonds is 10. The summed E-state index contributed by atoms with van der Waals surface area (Å²) in [5.41, 5.74) is 3.73. The van der Waals surface area contributed by atoms with E-state index in [9.17, 15) is 19.7 Å². The number of hydrogen-bond acceptors (Lipinski definition) is 7. The molecule has 0 aromatic heterocycles. The summed E-state index contributed by atoms with van der Waals surface area (Å²) in [4.78, 5) is 35.5. The summed E-state index contributed by atoms with van der Waals surface area (Å²) in [5, 5.41) is 11.9. The van der Waals surface area contributed by atoms with Crippen LogP contribution in [0.15, 0.2) is 78.4 Å². The quantitative estimate of drug-likeness (QED) is 0.151. The maximum atomic E-state index is 12.8. The highest BCUT2D eigenvalue weighted by Crippen LogP contribution is 2.30. The Morgan fingerprint density at radius 1 is 0.917 bits per heavy atom. The minimum absolute atomic E-state index is 0.00599. The fourth-order valence-corrected chi connectivity index (χ4v) is 3.46. The van der Waals surface area contributed by atoms with Gasteiger partial charge < -0.3 is 14.2 Å². The van der Waals surface area contributed by atoms with E-state index in [4.69, 9.17) is 14.2 Å². The number of nitro groups is 1. The van der Waals surface area contributed by atoms with Crippen LogP contribution >= 0.6 is 0 Å². The van der Waals surface area contributed by atoms with Gasteiger partial charge in [0.15, 0.2) is 11.5 Å². The summed E-state index contributed by atoms with van der Waals surface area (Å²) in [6.07, 6.45) is 1.50. The van der Waals surface area contributed by atoms with Crippen molar-refractivity contribution in [1.29, 1.82) is 0 Å². The van der Waals surface area contributed by atoms with Crippen LogP contribution in [0.2, 0.25) is 0 Å². The highest BCUT2D eigenvalue weighted by Gasteiger charge is 2.34. The number of hydrazine groups is 1. The number of nitrogens with zero attached hydrogens (tertiary/aromatic N) is 2. The number of para-hydroxylation sites is 1. The minimum atomic E-state index is -0.495. The Morgan fingerprint density at radius 3 is 2.33 bits per heavy atom. The van der Waals surface area contributed by atoms with E-state index in [2.05, 4.69) is 5.43 Å². The maximum absolute atomic E-state index is 12.8. The van der Waals surface area contributed by atoms with E-state index in [0.717, 1.165) is 0 Å². The van der Waals surface area contributed by atoms with Gasteiger partial charge in [0, 0.05) is 12.1 Å². The van der Waals surface area contributed by atoms with E-state index < -0.39 is 16.7 Å². The molecular formula is C26H23N3O7. The van der Waals surface area contributed by atoms with Gasteiger partial charge in [-0.25, -0.2) is 5.01 Å². The lowest BCUT2D eigenvalue weighted by Crippen LogP contribution is -2.35. The summed E-state index contributed by atoms with van der Waals surface area (Å²) < 4.78 is 17.0. The summed E-state index contributed by atoms with van der Waals surface area (Å²) in [6, 6.07) is 19.7. The first-order valence-corrected chi connectivity index (χ1v) is 11.2. The van der Waals surface area contributed by atoms with Crippen molar-refractivity contribution in [1.82, 2.24) is 5.43 Å². The first-order valence-electron chi connectivity index (χ1n) is 11.2. The van der Waals surface area contributed by atoms with Gasteiger partial charge in [-0.2, -0.15) is 0 Å². The molecule has 0 radical (unpaired) electrons. The fourth-order valence-electron chi connectivity index (χ4n) is 3.46. The number of non-ortho nitro benzene ring substituents is 1. The number of carbonyl (C=O) groups is 2. The van der Waals surface area contributed by atoms with Gasteiger partial charge in [-0.15, -0.1) is 0 Å². The van der Waals surface area contributed by atoms with Gasteiger partial charge in [-0.1, -0.05) is 24.3 Å². The van der Waals surface area contributed by atoms with Crippen LogP contribution in [-0.2, 0) is 9.59 Å². The molecule has 1 heterocycles. The molecule has 184 valence electrons. The second kappa shape index (κ2) is 11.0. The molecule has 1 N–H and O–H groups in total. The molecule has 36 heavy (non-hydrogen) atoms. The largest absolute Gasteiger partial charge is 0.490 e. The molecule has 3 aromatic rings. The molecule has 0 atom stereocenters. The number of nitrogens with one attached hydrogen (secondary N) is 1. The van der Waals surface area contributed by atoms with E-state index in [1.807, 2.05) is 13.0 Å². The molecule has 1 saturated heterocycles. The number of hydrogen-bond donors (Lipinski definition) is 1. The number of amides is 2. The average molecular weight is 489 g/mol. The Bertz CT molecular complexity index is 1290. The van der Waals surface area contributed by atoms with Crippen molar-refractivity contribution < 1.29 is 28.7 Å². The zero-order valence-corrected chi connectivity index (χ0v) is 19.4. The topological polar surface area (TPSA) is 120 Å². The third kappa shape index (κ3) is 5.61. The number of carbonyl (C=O) groups excluding carboxylic acids is 2. The average Bonchev–Trinajstić information content (AvgIpc) is 3.17. The van der Waals surface area contributed by atoms with Crippen molar-refractivity contribution >= 4 is 29.3 Å². The summed E-state index contributed by atoms with van der Waals surface area (Å²) in [5.74, 6) is 0.464. The van der Waals surface area contributed by atoms with Gasteiger partial charge in [-0.05, 0) is 55.0 Å². The Morgan fingerprint density at radius 2 is 1.64 bits per heavy atom. The molecule has 0 bridgehead atoms. The van der Waals surface area contributed by atoms with Crippen LogP contribution in [0.1, 0.15) is 12.5 Å². The highest BCUT2D eigenvalue weighted by atomic mass is 16.6. The lowest BCUT2D eigenvalue weighted by Gasteiger charge is -2.14. The zero-order chi connectivity index (χ0) is 25.5. The van der Waals surface area contributed by atoms with E-state index in [1.54, 1.807) is 42.5 Å². The molecule has 0 unspecified atom stereocenters. The lowest BCUT2D eigenvalue weighted by atomic mass is 10.1. The number of anilines is 1. The van der Waals surface area contributed by atoms with Crippen LogP contribution in [0.3, 0.4) is 0 Å². The van der Waals surface area contributed by atoms with E-state index in [-0.39, 0.29) is 24.5 Å². The molecule has 0 saturated carbocycles. The third-order valence-corrected chi connectivity index (χ3v) is 5.14. The van der Waals surface area contributed by atoms with Crippen LogP contribution in [0, 0.1) is 10.1 Å². The summed E-state index contributed by atoms with van der Waals surface area (Å²) in [6.45, 7) is 2.62. The molecule has 0 aliphatic carbocycles. The van der Waals surface area contributed by atoms with Crippen molar-refractivity contribution in [3.05, 3.63) is 94.0 Å². The predicted molar refractivity (Wildman–Crippen MR) is 132 cm³/mol. The maximum Gasteiger partial charge on any atom is 0.282 e. The van der Waals surface area contributed by atoms with E-state index in [1.165, 1.54) is 35.4 Å². The minimum Gasteiger partial charge on any atom is -0.490 e. The van der Waals surface area contributed by atoms with Crippen molar-refractivity contribution in [3.63, 3.8) is 0 Å². The first kappa shape index (κ1) is 24.3. The second-order valence-electron chi connectivity index (χ2n) is 7.56. The molecule has 4 rings (SSSR count). The normalized spacial score (nSPS) is 14.0. The van der Waals surface area contributed by atoms with Crippen molar-refractivity contribution in [2.24, 2.45) is 0 Å². The molecule has 3 aromatic carbocycles. The third-order valence-electron chi connectivity index (χ3n) is 5.14. The zero-order valence-electron chi connectivity index (χ0n) is 19.4. The second-order valence-corrected chi connectivity index (χ2v) is 7.56. The van der Waals surface area contributed by atoms with Gasteiger partial charge in [0.2, 0.25) is 0 Å². The predicted octanol–water partition coefficient (Wildman–Crippen LogP) is 3.91. The molecule has 1 aliphatic rings. The Kier molecular flexibility index (Phi) is 7.45. The van der Waals surface area contributed by atoms with Crippen LogP contribution < -0.4 is 24.6 Å². The molecule has 1 fully saturated rings. The van der Waals surface area contributed by atoms with E-state index >= 15 is 0 Å². The van der Waals surface area contributed by atoms with Crippen molar-refractivity contribution in [2.45, 2.75) is 6.92 Å². The smallest absolute Gasteiger partial charge is 0.282 e. The number of benzene rings is 3. The Hall–Kier alpha value is -4.86.